The second-order valence-corrected chi connectivity index (χ2v) is 8.39. The van der Waals surface area contributed by atoms with E-state index in [0.717, 1.165) is 37.8 Å². The third-order valence-corrected chi connectivity index (χ3v) is 6.92. The molecule has 4 aliphatic rings. The molecule has 1 heterocycles. The van der Waals surface area contributed by atoms with Crippen molar-refractivity contribution in [2.75, 3.05) is 20.2 Å². The second kappa shape index (κ2) is 5.67. The molecular formula is C18H28N2O3. The Morgan fingerprint density at radius 2 is 1.87 bits per heavy atom. The largest absolute Gasteiger partial charge is 0.453 e. The number of rotatable bonds is 3. The Morgan fingerprint density at radius 3 is 2.48 bits per heavy atom. The van der Waals surface area contributed by atoms with E-state index in [2.05, 4.69) is 15.0 Å². The minimum absolute atomic E-state index is 0.110. The maximum absolute atomic E-state index is 12.5. The summed E-state index contributed by atoms with van der Waals surface area (Å²) in [5, 5.41) is 2.77. The number of carbonyl (C=O) groups is 2. The first-order chi connectivity index (χ1) is 11.1. The lowest BCUT2D eigenvalue weighted by molar-refractivity contribution is -0.151. The molecule has 4 fully saturated rings. The monoisotopic (exact) mass is 320 g/mol. The first-order valence-corrected chi connectivity index (χ1v) is 9.22. The smallest absolute Gasteiger partial charge is 0.407 e. The van der Waals surface area contributed by atoms with E-state index < -0.39 is 6.09 Å². The molecule has 3 aliphatic carbocycles. The zero-order chi connectivity index (χ0) is 16.0. The summed E-state index contributed by atoms with van der Waals surface area (Å²) in [5.41, 5.74) is 0.462. The molecule has 23 heavy (non-hydrogen) atoms. The summed E-state index contributed by atoms with van der Waals surface area (Å²) >= 11 is 0. The van der Waals surface area contributed by atoms with E-state index in [1.807, 2.05) is 0 Å². The second-order valence-electron chi connectivity index (χ2n) is 8.39. The highest BCUT2D eigenvalue weighted by molar-refractivity contribution is 5.81. The summed E-state index contributed by atoms with van der Waals surface area (Å²) in [6, 6.07) is 0.112. The van der Waals surface area contributed by atoms with Gasteiger partial charge in [0.15, 0.2) is 0 Å². The minimum Gasteiger partial charge on any atom is -0.453 e. The van der Waals surface area contributed by atoms with Crippen molar-refractivity contribution in [2.24, 2.45) is 23.2 Å². The molecule has 1 unspecified atom stereocenters. The first-order valence-electron chi connectivity index (χ1n) is 9.22. The Balaban J connectivity index is 1.20. The fourth-order valence-electron chi connectivity index (χ4n) is 5.19. The molecule has 1 saturated heterocycles. The highest BCUT2D eigenvalue weighted by atomic mass is 16.5. The molecule has 0 aromatic carbocycles. The first kappa shape index (κ1) is 15.3. The predicted octanol–water partition coefficient (Wildman–Crippen LogP) is 2.55. The van der Waals surface area contributed by atoms with Gasteiger partial charge < -0.3 is 15.0 Å². The van der Waals surface area contributed by atoms with Crippen molar-refractivity contribution in [3.8, 4) is 0 Å². The van der Waals surface area contributed by atoms with Crippen molar-refractivity contribution in [1.82, 2.24) is 10.2 Å². The third kappa shape index (κ3) is 2.72. The van der Waals surface area contributed by atoms with E-state index in [9.17, 15) is 9.59 Å². The van der Waals surface area contributed by atoms with Gasteiger partial charge in [-0.1, -0.05) is 19.3 Å². The van der Waals surface area contributed by atoms with Gasteiger partial charge in [0.05, 0.1) is 7.11 Å². The molecule has 0 aromatic rings. The number of methoxy groups -OCH3 is 1. The number of carbonyl (C=O) groups excluding carboxylic acids is 2. The fraction of sp³-hybridized carbons (Fsp3) is 0.889. The third-order valence-electron chi connectivity index (χ3n) is 6.92. The van der Waals surface area contributed by atoms with E-state index in [4.69, 9.17) is 0 Å². The van der Waals surface area contributed by atoms with Gasteiger partial charge in [-0.05, 0) is 43.9 Å². The SMILES string of the molecule is COC(=O)NC1CC(C(=O)N2CC3(CCC(C4CCC4)C3)C2)C1. The van der Waals surface area contributed by atoms with Crippen LogP contribution in [0.5, 0.6) is 0 Å². The van der Waals surface area contributed by atoms with Crippen molar-refractivity contribution in [3.63, 3.8) is 0 Å². The molecule has 4 rings (SSSR count). The average Bonchev–Trinajstić information content (AvgIpc) is 2.82. The molecule has 0 aromatic heterocycles. The molecule has 1 spiro atoms. The molecule has 5 heteroatoms. The number of amides is 2. The van der Waals surface area contributed by atoms with Gasteiger partial charge in [0.1, 0.15) is 0 Å². The highest BCUT2D eigenvalue weighted by Gasteiger charge is 2.52. The van der Waals surface area contributed by atoms with E-state index in [-0.39, 0.29) is 12.0 Å². The van der Waals surface area contributed by atoms with Crippen molar-refractivity contribution in [2.45, 2.75) is 57.4 Å². The molecule has 0 radical (unpaired) electrons. The minimum atomic E-state index is -0.392. The van der Waals surface area contributed by atoms with Gasteiger partial charge >= 0.3 is 6.09 Å². The predicted molar refractivity (Wildman–Crippen MR) is 85.7 cm³/mol. The molecular weight excluding hydrogens is 292 g/mol. The van der Waals surface area contributed by atoms with Crippen LogP contribution >= 0.6 is 0 Å². The van der Waals surface area contributed by atoms with Gasteiger partial charge in [0.25, 0.3) is 0 Å². The van der Waals surface area contributed by atoms with Crippen LogP contribution in [-0.2, 0) is 9.53 Å². The summed E-state index contributed by atoms with van der Waals surface area (Å²) < 4.78 is 4.59. The van der Waals surface area contributed by atoms with E-state index in [0.29, 0.717) is 11.3 Å². The van der Waals surface area contributed by atoms with Crippen LogP contribution in [-0.4, -0.2) is 43.1 Å². The van der Waals surface area contributed by atoms with Crippen LogP contribution in [0.3, 0.4) is 0 Å². The lowest BCUT2D eigenvalue weighted by Gasteiger charge is -2.51. The van der Waals surface area contributed by atoms with Gasteiger partial charge in [0.2, 0.25) is 5.91 Å². The average molecular weight is 320 g/mol. The Morgan fingerprint density at radius 1 is 1.13 bits per heavy atom. The molecule has 2 amide bonds. The van der Waals surface area contributed by atoms with Crippen molar-refractivity contribution < 1.29 is 14.3 Å². The summed E-state index contributed by atoms with van der Waals surface area (Å²) in [6.45, 7) is 1.97. The summed E-state index contributed by atoms with van der Waals surface area (Å²) in [4.78, 5) is 25.7. The zero-order valence-corrected chi connectivity index (χ0v) is 14.1. The topological polar surface area (TPSA) is 58.6 Å². The maximum atomic E-state index is 12.5. The molecule has 1 atom stereocenters. The molecule has 3 saturated carbocycles. The number of ether oxygens (including phenoxy) is 1. The number of nitrogens with one attached hydrogen (secondary N) is 1. The van der Waals surface area contributed by atoms with Crippen LogP contribution in [0.4, 0.5) is 4.79 Å². The maximum Gasteiger partial charge on any atom is 0.407 e. The van der Waals surface area contributed by atoms with Crippen molar-refractivity contribution >= 4 is 12.0 Å². The standard InChI is InChI=1S/C18H28N2O3/c1-23-17(22)19-15-7-14(8-15)16(21)20-10-18(11-20)6-5-13(9-18)12-3-2-4-12/h12-15H,2-11H2,1H3,(H,19,22). The van der Waals surface area contributed by atoms with Crippen molar-refractivity contribution in [1.29, 1.82) is 0 Å². The van der Waals surface area contributed by atoms with E-state index in [1.54, 1.807) is 0 Å². The number of likely N-dealkylation sites (tertiary alicyclic amines) is 1. The lowest BCUT2D eigenvalue weighted by Crippen LogP contribution is -2.61. The zero-order valence-electron chi connectivity index (χ0n) is 14.1. The summed E-state index contributed by atoms with van der Waals surface area (Å²) in [5.74, 6) is 2.36. The van der Waals surface area contributed by atoms with Gasteiger partial charge in [0, 0.05) is 30.5 Å². The number of nitrogens with zero attached hydrogens (tertiary/aromatic N) is 1. The number of hydrogen-bond acceptors (Lipinski definition) is 3. The highest BCUT2D eigenvalue weighted by Crippen LogP contribution is 2.54. The Bertz CT molecular complexity index is 490. The van der Waals surface area contributed by atoms with E-state index in [1.165, 1.54) is 45.6 Å². The van der Waals surface area contributed by atoms with Gasteiger partial charge in [-0.2, -0.15) is 0 Å². The Labute approximate surface area is 138 Å². The van der Waals surface area contributed by atoms with Crippen LogP contribution in [0, 0.1) is 23.2 Å². The van der Waals surface area contributed by atoms with Gasteiger partial charge in [-0.25, -0.2) is 4.79 Å². The molecule has 1 aliphatic heterocycles. The number of alkyl carbamates (subject to hydrolysis) is 1. The Kier molecular flexibility index (Phi) is 3.77. The molecule has 0 bridgehead atoms. The fourth-order valence-corrected chi connectivity index (χ4v) is 5.19. The molecule has 1 N–H and O–H groups in total. The molecule has 128 valence electrons. The van der Waals surface area contributed by atoms with Crippen LogP contribution in [0.25, 0.3) is 0 Å². The van der Waals surface area contributed by atoms with E-state index >= 15 is 0 Å². The lowest BCUT2D eigenvalue weighted by atomic mass is 9.71. The van der Waals surface area contributed by atoms with Gasteiger partial charge in [-0.15, -0.1) is 0 Å². The summed E-state index contributed by atoms with van der Waals surface area (Å²) in [7, 11) is 1.37. The quantitative estimate of drug-likeness (QED) is 0.869. The normalized spacial score (nSPS) is 35.2. The van der Waals surface area contributed by atoms with Crippen molar-refractivity contribution in [3.05, 3.63) is 0 Å². The molecule has 5 nitrogen and oxygen atoms in total. The van der Waals surface area contributed by atoms with Gasteiger partial charge in [-0.3, -0.25) is 4.79 Å². The van der Waals surface area contributed by atoms with Crippen LogP contribution in [0.15, 0.2) is 0 Å². The number of hydrogen-bond donors (Lipinski definition) is 1. The van der Waals surface area contributed by atoms with Crippen LogP contribution < -0.4 is 5.32 Å². The summed E-state index contributed by atoms with van der Waals surface area (Å²) in [6.07, 6.45) is 9.54. The van der Waals surface area contributed by atoms with Crippen LogP contribution in [0.1, 0.15) is 51.4 Å². The van der Waals surface area contributed by atoms with Crippen LogP contribution in [0.2, 0.25) is 0 Å². The Hall–Kier alpha value is -1.26.